The van der Waals surface area contributed by atoms with E-state index in [1.54, 1.807) is 0 Å². The zero-order valence-corrected chi connectivity index (χ0v) is 11.8. The fraction of sp³-hybridized carbons (Fsp3) is 0.529. The standard InChI is InChI=1S/C17H24FN/c1-2-19-13-16(15-6-4-3-5-7-15)12-14-8-10-17(18)11-9-14/h8-12,15,19H,2-7,13H2,1H3. The summed E-state index contributed by atoms with van der Waals surface area (Å²) in [5.41, 5.74) is 2.59. The van der Waals surface area contributed by atoms with E-state index in [0.29, 0.717) is 5.92 Å². The van der Waals surface area contributed by atoms with Gasteiger partial charge < -0.3 is 5.32 Å². The quantitative estimate of drug-likeness (QED) is 0.828. The molecule has 19 heavy (non-hydrogen) atoms. The summed E-state index contributed by atoms with van der Waals surface area (Å²) in [4.78, 5) is 0. The van der Waals surface area contributed by atoms with E-state index in [9.17, 15) is 4.39 Å². The van der Waals surface area contributed by atoms with Crippen molar-refractivity contribution in [2.45, 2.75) is 39.0 Å². The molecule has 104 valence electrons. The van der Waals surface area contributed by atoms with E-state index < -0.39 is 0 Å². The van der Waals surface area contributed by atoms with Gasteiger partial charge in [0.2, 0.25) is 0 Å². The van der Waals surface area contributed by atoms with Crippen LogP contribution in [0.3, 0.4) is 0 Å². The van der Waals surface area contributed by atoms with Gasteiger partial charge in [0, 0.05) is 6.54 Å². The van der Waals surface area contributed by atoms with E-state index in [0.717, 1.165) is 18.7 Å². The second-order valence-corrected chi connectivity index (χ2v) is 5.39. The highest BCUT2D eigenvalue weighted by molar-refractivity contribution is 5.53. The summed E-state index contributed by atoms with van der Waals surface area (Å²) in [5, 5.41) is 3.43. The van der Waals surface area contributed by atoms with Crippen LogP contribution in [0.2, 0.25) is 0 Å². The maximum absolute atomic E-state index is 12.9. The van der Waals surface area contributed by atoms with Crippen molar-refractivity contribution in [1.29, 1.82) is 0 Å². The Morgan fingerprint density at radius 2 is 1.89 bits per heavy atom. The molecule has 0 unspecified atom stereocenters. The summed E-state index contributed by atoms with van der Waals surface area (Å²) in [6.07, 6.45) is 8.92. The van der Waals surface area contributed by atoms with Crippen LogP contribution in [0.15, 0.2) is 29.8 Å². The van der Waals surface area contributed by atoms with Gasteiger partial charge in [-0.15, -0.1) is 0 Å². The van der Waals surface area contributed by atoms with Crippen molar-refractivity contribution in [2.75, 3.05) is 13.1 Å². The van der Waals surface area contributed by atoms with Gasteiger partial charge >= 0.3 is 0 Å². The summed E-state index contributed by atoms with van der Waals surface area (Å²) in [7, 11) is 0. The molecule has 1 aliphatic carbocycles. The fourth-order valence-corrected chi connectivity index (χ4v) is 2.83. The first kappa shape index (κ1) is 14.3. The van der Waals surface area contributed by atoms with Crippen molar-refractivity contribution < 1.29 is 4.39 Å². The molecule has 0 amide bonds. The van der Waals surface area contributed by atoms with Crippen LogP contribution < -0.4 is 5.32 Å². The van der Waals surface area contributed by atoms with Crippen LogP contribution in [0.4, 0.5) is 4.39 Å². The van der Waals surface area contributed by atoms with E-state index in [4.69, 9.17) is 0 Å². The molecule has 0 heterocycles. The maximum atomic E-state index is 12.9. The molecule has 0 saturated heterocycles. The van der Waals surface area contributed by atoms with Gasteiger partial charge in [-0.2, -0.15) is 0 Å². The van der Waals surface area contributed by atoms with E-state index in [-0.39, 0.29) is 5.82 Å². The highest BCUT2D eigenvalue weighted by Gasteiger charge is 2.17. The molecule has 1 saturated carbocycles. The number of benzene rings is 1. The lowest BCUT2D eigenvalue weighted by molar-refractivity contribution is 0.397. The summed E-state index contributed by atoms with van der Waals surface area (Å²) in [6.45, 7) is 4.09. The molecular weight excluding hydrogens is 237 g/mol. The lowest BCUT2D eigenvalue weighted by Crippen LogP contribution is -2.22. The largest absolute Gasteiger partial charge is 0.313 e. The van der Waals surface area contributed by atoms with Crippen molar-refractivity contribution >= 4 is 6.08 Å². The molecule has 1 aromatic rings. The highest BCUT2D eigenvalue weighted by Crippen LogP contribution is 2.30. The zero-order chi connectivity index (χ0) is 13.5. The van der Waals surface area contributed by atoms with Gasteiger partial charge in [-0.05, 0) is 43.0 Å². The minimum absolute atomic E-state index is 0.164. The smallest absolute Gasteiger partial charge is 0.123 e. The van der Waals surface area contributed by atoms with Crippen LogP contribution in [0, 0.1) is 11.7 Å². The Morgan fingerprint density at radius 1 is 1.21 bits per heavy atom. The number of halogens is 1. The third-order valence-electron chi connectivity index (χ3n) is 3.93. The number of hydrogen-bond acceptors (Lipinski definition) is 1. The third-order valence-corrected chi connectivity index (χ3v) is 3.93. The van der Waals surface area contributed by atoms with E-state index in [1.165, 1.54) is 49.8 Å². The monoisotopic (exact) mass is 261 g/mol. The van der Waals surface area contributed by atoms with Crippen molar-refractivity contribution in [3.8, 4) is 0 Å². The minimum atomic E-state index is -0.164. The average Bonchev–Trinajstić information content (AvgIpc) is 2.46. The molecule has 0 aliphatic heterocycles. The summed E-state index contributed by atoms with van der Waals surface area (Å²) >= 11 is 0. The minimum Gasteiger partial charge on any atom is -0.313 e. The van der Waals surface area contributed by atoms with Crippen LogP contribution in [0.25, 0.3) is 6.08 Å². The fourth-order valence-electron chi connectivity index (χ4n) is 2.83. The van der Waals surface area contributed by atoms with Crippen molar-refractivity contribution in [3.05, 3.63) is 41.2 Å². The van der Waals surface area contributed by atoms with Gasteiger partial charge in [0.15, 0.2) is 0 Å². The molecule has 2 rings (SSSR count). The highest BCUT2D eigenvalue weighted by atomic mass is 19.1. The van der Waals surface area contributed by atoms with Crippen molar-refractivity contribution in [2.24, 2.45) is 5.92 Å². The predicted octanol–water partition coefficient (Wildman–Crippen LogP) is 4.40. The predicted molar refractivity (Wildman–Crippen MR) is 79.5 cm³/mol. The second kappa shape index (κ2) is 7.44. The molecule has 0 aromatic heterocycles. The number of nitrogens with one attached hydrogen (secondary N) is 1. The molecule has 1 aromatic carbocycles. The second-order valence-electron chi connectivity index (χ2n) is 5.39. The number of rotatable bonds is 5. The normalized spacial score (nSPS) is 17.7. The van der Waals surface area contributed by atoms with Crippen LogP contribution in [0.1, 0.15) is 44.6 Å². The molecule has 0 spiro atoms. The number of hydrogen-bond donors (Lipinski definition) is 1. The van der Waals surface area contributed by atoms with Crippen LogP contribution in [0.5, 0.6) is 0 Å². The average molecular weight is 261 g/mol. The summed E-state index contributed by atoms with van der Waals surface area (Å²) < 4.78 is 12.9. The lowest BCUT2D eigenvalue weighted by Gasteiger charge is -2.25. The molecule has 2 heteroatoms. The third kappa shape index (κ3) is 4.46. The van der Waals surface area contributed by atoms with Crippen molar-refractivity contribution in [3.63, 3.8) is 0 Å². The molecule has 1 aliphatic rings. The van der Waals surface area contributed by atoms with Crippen LogP contribution >= 0.6 is 0 Å². The van der Waals surface area contributed by atoms with E-state index in [2.05, 4.69) is 18.3 Å². The molecule has 0 radical (unpaired) electrons. The Kier molecular flexibility index (Phi) is 5.59. The molecule has 0 bridgehead atoms. The van der Waals surface area contributed by atoms with Gasteiger partial charge in [-0.3, -0.25) is 0 Å². The van der Waals surface area contributed by atoms with E-state index >= 15 is 0 Å². The Labute approximate surface area is 115 Å². The van der Waals surface area contributed by atoms with Gasteiger partial charge in [0.25, 0.3) is 0 Å². The SMILES string of the molecule is CCNCC(=Cc1ccc(F)cc1)C1CCCCC1. The molecule has 0 atom stereocenters. The Bertz CT molecular complexity index is 402. The van der Waals surface area contributed by atoms with Gasteiger partial charge in [0.1, 0.15) is 5.82 Å². The Morgan fingerprint density at radius 3 is 2.53 bits per heavy atom. The first-order valence-electron chi connectivity index (χ1n) is 7.46. The molecule has 1 fully saturated rings. The lowest BCUT2D eigenvalue weighted by atomic mass is 9.83. The van der Waals surface area contributed by atoms with E-state index in [1.807, 2.05) is 12.1 Å². The first-order chi connectivity index (χ1) is 9.29. The Hall–Kier alpha value is -1.15. The Balaban J connectivity index is 2.12. The zero-order valence-electron chi connectivity index (χ0n) is 11.8. The summed E-state index contributed by atoms with van der Waals surface area (Å²) in [5.74, 6) is 0.543. The topological polar surface area (TPSA) is 12.0 Å². The van der Waals surface area contributed by atoms with Crippen LogP contribution in [-0.4, -0.2) is 13.1 Å². The van der Waals surface area contributed by atoms with Crippen LogP contribution in [-0.2, 0) is 0 Å². The molecule has 1 nitrogen and oxygen atoms in total. The maximum Gasteiger partial charge on any atom is 0.123 e. The van der Waals surface area contributed by atoms with Crippen molar-refractivity contribution in [1.82, 2.24) is 5.32 Å². The number of likely N-dealkylation sites (N-methyl/N-ethyl adjacent to an activating group) is 1. The molecular formula is C17H24FN. The molecule has 1 N–H and O–H groups in total. The summed E-state index contributed by atoms with van der Waals surface area (Å²) in [6, 6.07) is 6.81. The first-order valence-corrected chi connectivity index (χ1v) is 7.46. The van der Waals surface area contributed by atoms with Gasteiger partial charge in [-0.1, -0.05) is 50.0 Å². The van der Waals surface area contributed by atoms with Gasteiger partial charge in [-0.25, -0.2) is 4.39 Å². The van der Waals surface area contributed by atoms with Gasteiger partial charge in [0.05, 0.1) is 0 Å².